The minimum atomic E-state index is 0.320. The Balaban J connectivity index is 2.37. The lowest BCUT2D eigenvalue weighted by atomic mass is 10.2. The summed E-state index contributed by atoms with van der Waals surface area (Å²) in [5.41, 5.74) is 6.99. The molecule has 0 aliphatic carbocycles. The molecule has 0 fully saturated rings. The highest BCUT2D eigenvalue weighted by atomic mass is 16.5. The average molecular weight is 203 g/mol. The van der Waals surface area contributed by atoms with E-state index < -0.39 is 0 Å². The number of nitrogen functional groups attached to an aromatic ring is 1. The first-order valence-electron chi connectivity index (χ1n) is 4.23. The largest absolute Gasteiger partial charge is 0.467 e. The molecule has 0 unspecified atom stereocenters. The van der Waals surface area contributed by atoms with E-state index in [0.29, 0.717) is 17.5 Å². The Morgan fingerprint density at radius 3 is 2.47 bits per heavy atom. The van der Waals surface area contributed by atoms with Crippen molar-refractivity contribution in [1.82, 2.24) is 19.9 Å². The predicted molar refractivity (Wildman–Crippen MR) is 54.0 cm³/mol. The molecule has 2 aromatic rings. The van der Waals surface area contributed by atoms with E-state index in [1.54, 1.807) is 18.5 Å². The fourth-order valence-electron chi connectivity index (χ4n) is 1.08. The number of nitrogens with zero attached hydrogens (tertiary/aromatic N) is 4. The zero-order valence-electron chi connectivity index (χ0n) is 8.08. The van der Waals surface area contributed by atoms with Gasteiger partial charge in [0.2, 0.25) is 0 Å². The lowest BCUT2D eigenvalue weighted by molar-refractivity contribution is 0.380. The van der Waals surface area contributed by atoms with E-state index in [9.17, 15) is 0 Å². The molecule has 0 bridgehead atoms. The minimum Gasteiger partial charge on any atom is -0.467 e. The first-order valence-corrected chi connectivity index (χ1v) is 4.23. The van der Waals surface area contributed by atoms with Crippen molar-refractivity contribution in [3.05, 3.63) is 24.8 Å². The van der Waals surface area contributed by atoms with Crippen LogP contribution >= 0.6 is 0 Å². The van der Waals surface area contributed by atoms with E-state index in [1.165, 1.54) is 13.4 Å². The normalized spacial score (nSPS) is 9.93. The molecule has 0 aliphatic heterocycles. The van der Waals surface area contributed by atoms with Gasteiger partial charge in [-0.1, -0.05) is 0 Å². The summed E-state index contributed by atoms with van der Waals surface area (Å²) in [5, 5.41) is 0. The van der Waals surface area contributed by atoms with Crippen molar-refractivity contribution in [1.29, 1.82) is 0 Å². The zero-order chi connectivity index (χ0) is 10.7. The average Bonchev–Trinajstić information content (AvgIpc) is 2.29. The van der Waals surface area contributed by atoms with Gasteiger partial charge in [-0.15, -0.1) is 0 Å². The van der Waals surface area contributed by atoms with Crippen LogP contribution in [0.5, 0.6) is 6.01 Å². The van der Waals surface area contributed by atoms with Gasteiger partial charge in [-0.2, -0.15) is 0 Å². The minimum absolute atomic E-state index is 0.320. The number of methoxy groups -OCH3 is 1. The third kappa shape index (κ3) is 1.98. The Morgan fingerprint density at radius 1 is 1.13 bits per heavy atom. The van der Waals surface area contributed by atoms with Crippen molar-refractivity contribution in [2.45, 2.75) is 0 Å². The van der Waals surface area contributed by atoms with Crippen LogP contribution in [0.1, 0.15) is 0 Å². The molecule has 0 spiro atoms. The fraction of sp³-hybridized carbons (Fsp3) is 0.111. The van der Waals surface area contributed by atoms with Crippen LogP contribution in [0.3, 0.4) is 0 Å². The van der Waals surface area contributed by atoms with Gasteiger partial charge < -0.3 is 10.5 Å². The first kappa shape index (κ1) is 9.32. The second-order valence-corrected chi connectivity index (χ2v) is 2.79. The summed E-state index contributed by atoms with van der Waals surface area (Å²) in [4.78, 5) is 15.8. The molecule has 0 saturated heterocycles. The molecule has 2 N–H and O–H groups in total. The number of hydrogen-bond donors (Lipinski definition) is 1. The maximum absolute atomic E-state index is 5.54. The molecule has 0 atom stereocenters. The summed E-state index contributed by atoms with van der Waals surface area (Å²) in [5.74, 6) is 0.413. The Morgan fingerprint density at radius 2 is 1.87 bits per heavy atom. The highest BCUT2D eigenvalue weighted by Crippen LogP contribution is 2.16. The van der Waals surface area contributed by atoms with Crippen LogP contribution < -0.4 is 10.5 Å². The summed E-state index contributed by atoms with van der Waals surface area (Å²) < 4.78 is 4.85. The number of anilines is 1. The van der Waals surface area contributed by atoms with Gasteiger partial charge in [-0.05, 0) is 0 Å². The maximum atomic E-state index is 5.54. The molecule has 6 nitrogen and oxygen atoms in total. The van der Waals surface area contributed by atoms with Crippen LogP contribution in [0.15, 0.2) is 24.8 Å². The van der Waals surface area contributed by atoms with Crippen LogP contribution in [0, 0.1) is 0 Å². The number of aromatic nitrogens is 4. The summed E-state index contributed by atoms with van der Waals surface area (Å²) in [7, 11) is 1.51. The second kappa shape index (κ2) is 3.87. The smallest absolute Gasteiger partial charge is 0.316 e. The van der Waals surface area contributed by atoms with Crippen molar-refractivity contribution in [2.75, 3.05) is 12.8 Å². The standard InChI is InChI=1S/C9H9N5O/c1-15-9-11-3-6(4-12-9)7-2-8(10)14-5-13-7/h2-5H,1H3,(H2,10,13,14). The Labute approximate surface area is 86.2 Å². The van der Waals surface area contributed by atoms with Crippen molar-refractivity contribution in [2.24, 2.45) is 0 Å². The molecule has 2 rings (SSSR count). The quantitative estimate of drug-likeness (QED) is 0.765. The molecular weight excluding hydrogens is 194 g/mol. The third-order valence-electron chi connectivity index (χ3n) is 1.79. The van der Waals surface area contributed by atoms with Gasteiger partial charge >= 0.3 is 6.01 Å². The summed E-state index contributed by atoms with van der Waals surface area (Å²) in [6.07, 6.45) is 4.64. The van der Waals surface area contributed by atoms with Crippen LogP contribution in [-0.2, 0) is 0 Å². The molecule has 15 heavy (non-hydrogen) atoms. The number of hydrogen-bond acceptors (Lipinski definition) is 6. The van der Waals surface area contributed by atoms with Gasteiger partial charge in [0, 0.05) is 24.0 Å². The number of nitrogens with two attached hydrogens (primary N) is 1. The van der Waals surface area contributed by atoms with E-state index in [-0.39, 0.29) is 0 Å². The summed E-state index contributed by atoms with van der Waals surface area (Å²) in [6, 6.07) is 1.98. The van der Waals surface area contributed by atoms with Crippen molar-refractivity contribution < 1.29 is 4.74 Å². The third-order valence-corrected chi connectivity index (χ3v) is 1.79. The van der Waals surface area contributed by atoms with E-state index in [1.807, 2.05) is 0 Å². The lowest BCUT2D eigenvalue weighted by Gasteiger charge is -2.01. The van der Waals surface area contributed by atoms with E-state index in [2.05, 4.69) is 19.9 Å². The molecule has 0 aliphatic rings. The lowest BCUT2D eigenvalue weighted by Crippen LogP contribution is -1.95. The van der Waals surface area contributed by atoms with Gasteiger partial charge in [0.1, 0.15) is 12.1 Å². The second-order valence-electron chi connectivity index (χ2n) is 2.79. The molecule has 76 valence electrons. The molecule has 0 saturated carbocycles. The Hall–Kier alpha value is -2.24. The van der Waals surface area contributed by atoms with Crippen LogP contribution in [-0.4, -0.2) is 27.0 Å². The Kier molecular flexibility index (Phi) is 2.40. The molecular formula is C9H9N5O. The van der Waals surface area contributed by atoms with Crippen molar-refractivity contribution >= 4 is 5.82 Å². The highest BCUT2D eigenvalue weighted by Gasteiger charge is 2.02. The molecule has 6 heteroatoms. The molecule has 2 aromatic heterocycles. The molecule has 0 aromatic carbocycles. The fourth-order valence-corrected chi connectivity index (χ4v) is 1.08. The zero-order valence-corrected chi connectivity index (χ0v) is 8.08. The van der Waals surface area contributed by atoms with Crippen molar-refractivity contribution in [3.63, 3.8) is 0 Å². The van der Waals surface area contributed by atoms with Gasteiger partial charge in [0.25, 0.3) is 0 Å². The molecule has 0 radical (unpaired) electrons. The maximum Gasteiger partial charge on any atom is 0.316 e. The van der Waals surface area contributed by atoms with Crippen molar-refractivity contribution in [3.8, 4) is 17.3 Å². The molecule has 0 amide bonds. The number of ether oxygens (including phenoxy) is 1. The highest BCUT2D eigenvalue weighted by molar-refractivity contribution is 5.59. The first-order chi connectivity index (χ1) is 7.29. The monoisotopic (exact) mass is 203 g/mol. The topological polar surface area (TPSA) is 86.8 Å². The van der Waals surface area contributed by atoms with Crippen LogP contribution in [0.25, 0.3) is 11.3 Å². The summed E-state index contributed by atoms with van der Waals surface area (Å²) >= 11 is 0. The Bertz CT molecular complexity index is 456. The van der Waals surface area contributed by atoms with Crippen LogP contribution in [0.4, 0.5) is 5.82 Å². The van der Waals surface area contributed by atoms with E-state index >= 15 is 0 Å². The SMILES string of the molecule is COc1ncc(-c2cc(N)ncn2)cn1. The molecule has 2 heterocycles. The van der Waals surface area contributed by atoms with Gasteiger partial charge in [0.15, 0.2) is 0 Å². The van der Waals surface area contributed by atoms with E-state index in [0.717, 1.165) is 5.56 Å². The van der Waals surface area contributed by atoms with Gasteiger partial charge in [-0.25, -0.2) is 19.9 Å². The number of rotatable bonds is 2. The predicted octanol–water partition coefficient (Wildman–Crippen LogP) is 0.524. The van der Waals surface area contributed by atoms with Gasteiger partial charge in [-0.3, -0.25) is 0 Å². The summed E-state index contributed by atoms with van der Waals surface area (Å²) in [6.45, 7) is 0. The van der Waals surface area contributed by atoms with Gasteiger partial charge in [0.05, 0.1) is 12.8 Å². The van der Waals surface area contributed by atoms with E-state index in [4.69, 9.17) is 10.5 Å². The van der Waals surface area contributed by atoms with Crippen LogP contribution in [0.2, 0.25) is 0 Å².